The molecule has 0 saturated heterocycles. The number of pyridine rings is 1. The van der Waals surface area contributed by atoms with Gasteiger partial charge in [-0.25, -0.2) is 0 Å². The number of nitrogens with one attached hydrogen (secondary N) is 1. The lowest BCUT2D eigenvalue weighted by molar-refractivity contribution is 0.712. The van der Waals surface area contributed by atoms with E-state index in [1.165, 1.54) is 4.88 Å². The third-order valence-corrected chi connectivity index (χ3v) is 4.00. The Morgan fingerprint density at radius 2 is 2.35 bits per heavy atom. The summed E-state index contributed by atoms with van der Waals surface area (Å²) < 4.78 is 2.90. The zero-order chi connectivity index (χ0) is 11.7. The van der Waals surface area contributed by atoms with Gasteiger partial charge in [-0.15, -0.1) is 11.3 Å². The van der Waals surface area contributed by atoms with E-state index in [-0.39, 0.29) is 0 Å². The largest absolute Gasteiger partial charge is 0.329 e. The van der Waals surface area contributed by atoms with Crippen molar-refractivity contribution in [1.29, 1.82) is 0 Å². The molecule has 3 nitrogen and oxygen atoms in total. The van der Waals surface area contributed by atoms with E-state index < -0.39 is 0 Å². The zero-order valence-corrected chi connectivity index (χ0v) is 10.7. The number of aromatic amines is 1. The smallest absolute Gasteiger partial charge is 0.178 e. The molecule has 3 aromatic rings. The first-order chi connectivity index (χ1) is 8.34. The van der Waals surface area contributed by atoms with Gasteiger partial charge in [0, 0.05) is 17.6 Å². The Balaban J connectivity index is 1.94. The minimum atomic E-state index is 0.768. The number of aromatic nitrogens is 3. The number of rotatable bonds is 3. The first-order valence-corrected chi connectivity index (χ1v) is 6.68. The second-order valence-corrected chi connectivity index (χ2v) is 5.22. The van der Waals surface area contributed by atoms with Crippen LogP contribution in [0.1, 0.15) is 4.88 Å². The van der Waals surface area contributed by atoms with E-state index in [0.717, 1.165) is 28.8 Å². The highest BCUT2D eigenvalue weighted by molar-refractivity contribution is 7.71. The van der Waals surface area contributed by atoms with Gasteiger partial charge < -0.3 is 9.55 Å². The van der Waals surface area contributed by atoms with E-state index in [1.807, 2.05) is 12.3 Å². The number of thiophene rings is 1. The number of imidazole rings is 1. The molecule has 0 spiro atoms. The van der Waals surface area contributed by atoms with Crippen LogP contribution in [0.15, 0.2) is 36.0 Å². The average Bonchev–Trinajstić information content (AvgIpc) is 2.93. The Hall–Kier alpha value is -1.46. The van der Waals surface area contributed by atoms with Crippen LogP contribution in [-0.2, 0) is 13.0 Å². The summed E-state index contributed by atoms with van der Waals surface area (Å²) in [5.74, 6) is 0. The van der Waals surface area contributed by atoms with Gasteiger partial charge in [0.15, 0.2) is 4.77 Å². The fraction of sp³-hybridized carbons (Fsp3) is 0.167. The summed E-state index contributed by atoms with van der Waals surface area (Å²) in [6.07, 6.45) is 4.63. The molecule has 0 amide bonds. The Kier molecular flexibility index (Phi) is 2.78. The van der Waals surface area contributed by atoms with E-state index in [2.05, 4.69) is 32.0 Å². The minimum Gasteiger partial charge on any atom is -0.329 e. The third kappa shape index (κ3) is 2.03. The second kappa shape index (κ2) is 4.43. The summed E-state index contributed by atoms with van der Waals surface area (Å²) in [7, 11) is 0. The van der Waals surface area contributed by atoms with Gasteiger partial charge in [-0.3, -0.25) is 4.98 Å². The van der Waals surface area contributed by atoms with Crippen molar-refractivity contribution in [3.05, 3.63) is 45.6 Å². The molecule has 1 N–H and O–H groups in total. The van der Waals surface area contributed by atoms with Gasteiger partial charge in [-0.1, -0.05) is 6.07 Å². The maximum absolute atomic E-state index is 5.33. The minimum absolute atomic E-state index is 0.768. The Morgan fingerprint density at radius 3 is 3.18 bits per heavy atom. The lowest BCUT2D eigenvalue weighted by Gasteiger charge is -2.02. The number of fused-ring (bicyclic) bond motifs is 1. The molecule has 3 heterocycles. The van der Waals surface area contributed by atoms with Crippen molar-refractivity contribution >= 4 is 34.6 Å². The Labute approximate surface area is 108 Å². The predicted octanol–water partition coefficient (Wildman–Crippen LogP) is 3.40. The molecule has 0 fully saturated rings. The highest BCUT2D eigenvalue weighted by atomic mass is 32.1. The van der Waals surface area contributed by atoms with Crippen molar-refractivity contribution in [3.63, 3.8) is 0 Å². The van der Waals surface area contributed by atoms with Crippen LogP contribution < -0.4 is 0 Å². The van der Waals surface area contributed by atoms with Crippen LogP contribution in [0.4, 0.5) is 0 Å². The van der Waals surface area contributed by atoms with Crippen LogP contribution in [0.5, 0.6) is 0 Å². The Bertz CT molecular complexity index is 679. The topological polar surface area (TPSA) is 33.6 Å². The monoisotopic (exact) mass is 261 g/mol. The summed E-state index contributed by atoms with van der Waals surface area (Å²) in [6.45, 7) is 0.906. The van der Waals surface area contributed by atoms with Gasteiger partial charge in [0.2, 0.25) is 0 Å². The summed E-state index contributed by atoms with van der Waals surface area (Å²) in [6, 6.07) is 6.24. The van der Waals surface area contributed by atoms with E-state index in [0.29, 0.717) is 0 Å². The van der Waals surface area contributed by atoms with Crippen molar-refractivity contribution in [2.24, 2.45) is 0 Å². The molecule has 0 aromatic carbocycles. The van der Waals surface area contributed by atoms with Gasteiger partial charge >= 0.3 is 0 Å². The summed E-state index contributed by atoms with van der Waals surface area (Å²) in [4.78, 5) is 8.65. The van der Waals surface area contributed by atoms with Gasteiger partial charge in [0.1, 0.15) is 0 Å². The van der Waals surface area contributed by atoms with E-state index in [9.17, 15) is 0 Å². The van der Waals surface area contributed by atoms with Gasteiger partial charge in [0.05, 0.1) is 17.2 Å². The molecular weight excluding hydrogens is 250 g/mol. The standard InChI is InChI=1S/C12H11N3S2/c16-12-14-10-8-13-5-3-11(10)15(12)6-4-9-2-1-7-17-9/h1-3,5,7-8H,4,6H2,(H,14,16). The molecular formula is C12H11N3S2. The quantitative estimate of drug-likeness (QED) is 0.733. The molecule has 17 heavy (non-hydrogen) atoms. The number of aryl methyl sites for hydroxylation is 2. The average molecular weight is 261 g/mol. The fourth-order valence-electron chi connectivity index (χ4n) is 1.91. The maximum atomic E-state index is 5.33. The van der Waals surface area contributed by atoms with Gasteiger partial charge in [0.25, 0.3) is 0 Å². The summed E-state index contributed by atoms with van der Waals surface area (Å²) >= 11 is 7.12. The normalized spacial score (nSPS) is 11.1. The van der Waals surface area contributed by atoms with Crippen molar-refractivity contribution in [2.75, 3.05) is 0 Å². The molecule has 86 valence electrons. The van der Waals surface area contributed by atoms with E-state index in [1.54, 1.807) is 17.5 Å². The van der Waals surface area contributed by atoms with Crippen LogP contribution >= 0.6 is 23.6 Å². The molecule has 0 unspecified atom stereocenters. The Morgan fingerprint density at radius 1 is 1.41 bits per heavy atom. The molecule has 3 rings (SSSR count). The molecule has 0 aliphatic rings. The summed E-state index contributed by atoms with van der Waals surface area (Å²) in [5, 5.41) is 2.10. The fourth-order valence-corrected chi connectivity index (χ4v) is 2.91. The van der Waals surface area contributed by atoms with Crippen molar-refractivity contribution < 1.29 is 0 Å². The third-order valence-electron chi connectivity index (χ3n) is 2.74. The van der Waals surface area contributed by atoms with Crippen molar-refractivity contribution in [3.8, 4) is 0 Å². The number of H-pyrrole nitrogens is 1. The number of nitrogens with zero attached hydrogens (tertiary/aromatic N) is 2. The van der Waals surface area contributed by atoms with Crippen molar-refractivity contribution in [2.45, 2.75) is 13.0 Å². The zero-order valence-electron chi connectivity index (χ0n) is 9.09. The van der Waals surface area contributed by atoms with Crippen molar-refractivity contribution in [1.82, 2.24) is 14.5 Å². The molecule has 0 aliphatic carbocycles. The van der Waals surface area contributed by atoms with E-state index >= 15 is 0 Å². The van der Waals surface area contributed by atoms with Crippen LogP contribution in [0.3, 0.4) is 0 Å². The first kappa shape index (κ1) is 10.7. The van der Waals surface area contributed by atoms with Crippen LogP contribution in [0.25, 0.3) is 11.0 Å². The highest BCUT2D eigenvalue weighted by Gasteiger charge is 2.04. The molecule has 0 saturated carbocycles. The highest BCUT2D eigenvalue weighted by Crippen LogP contribution is 2.15. The second-order valence-electron chi connectivity index (χ2n) is 3.80. The molecule has 3 aromatic heterocycles. The van der Waals surface area contributed by atoms with E-state index in [4.69, 9.17) is 12.2 Å². The predicted molar refractivity (Wildman–Crippen MR) is 72.9 cm³/mol. The van der Waals surface area contributed by atoms with Gasteiger partial charge in [-0.05, 0) is 36.2 Å². The van der Waals surface area contributed by atoms with Crippen LogP contribution in [-0.4, -0.2) is 14.5 Å². The molecule has 0 bridgehead atoms. The molecule has 5 heteroatoms. The lowest BCUT2D eigenvalue weighted by atomic mass is 10.3. The van der Waals surface area contributed by atoms with Gasteiger partial charge in [-0.2, -0.15) is 0 Å². The van der Waals surface area contributed by atoms with Crippen LogP contribution in [0.2, 0.25) is 0 Å². The number of hydrogen-bond donors (Lipinski definition) is 1. The molecule has 0 aliphatic heterocycles. The lowest BCUT2D eigenvalue weighted by Crippen LogP contribution is -2.00. The molecule has 0 radical (unpaired) electrons. The van der Waals surface area contributed by atoms with Crippen LogP contribution in [0, 0.1) is 4.77 Å². The SMILES string of the molecule is S=c1[nH]c2cnccc2n1CCc1cccs1. The number of hydrogen-bond acceptors (Lipinski definition) is 3. The first-order valence-electron chi connectivity index (χ1n) is 5.39. The molecule has 0 atom stereocenters. The maximum Gasteiger partial charge on any atom is 0.178 e. The summed E-state index contributed by atoms with van der Waals surface area (Å²) in [5.41, 5.74) is 2.13.